The van der Waals surface area contributed by atoms with Crippen LogP contribution in [0.4, 0.5) is 8.78 Å². The highest BCUT2D eigenvalue weighted by Gasteiger charge is 2.61. The Bertz CT molecular complexity index is 394. The molecule has 1 atom stereocenters. The first kappa shape index (κ1) is 17.6. The molecule has 1 saturated heterocycles. The molecule has 1 aliphatic heterocycles. The predicted molar refractivity (Wildman–Crippen MR) is 77.6 cm³/mol. The molecule has 0 aromatic carbocycles. The second-order valence-electron chi connectivity index (χ2n) is 6.81. The second-order valence-corrected chi connectivity index (χ2v) is 6.81. The maximum absolute atomic E-state index is 13.8. The van der Waals surface area contributed by atoms with Crippen LogP contribution < -0.4 is 5.32 Å². The molecule has 0 bridgehead atoms. The molecule has 128 valence electrons. The summed E-state index contributed by atoms with van der Waals surface area (Å²) < 4.78 is 27.7. The summed E-state index contributed by atoms with van der Waals surface area (Å²) in [5.74, 6) is -4.62. The predicted octanol–water partition coefficient (Wildman–Crippen LogP) is 0.746. The van der Waals surface area contributed by atoms with Crippen LogP contribution in [0.1, 0.15) is 39.0 Å². The maximum Gasteiger partial charge on any atom is 0.352 e. The average Bonchev–Trinajstić information content (AvgIpc) is 2.44. The lowest BCUT2D eigenvalue weighted by Crippen LogP contribution is -2.61. The summed E-state index contributed by atoms with van der Waals surface area (Å²) in [4.78, 5) is 13.7. The number of amides is 1. The van der Waals surface area contributed by atoms with Crippen molar-refractivity contribution in [3.05, 3.63) is 0 Å². The number of nitrogens with zero attached hydrogens (tertiary/aromatic N) is 1. The number of hydrogen-bond acceptors (Lipinski definition) is 4. The number of carbonyl (C=O) groups excluding carboxylic acids is 1. The summed E-state index contributed by atoms with van der Waals surface area (Å²) in [5.41, 5.74) is -2.22. The molecule has 2 rings (SSSR count). The standard InChI is InChI=1S/C15H26F2N2O3/c1-11-3-7-19(8-4-11)10-12(20)9-18-13(21)15(16,17)14(22)5-2-6-14/h11-12,20,22H,2-10H2,1H3,(H,18,21). The van der Waals surface area contributed by atoms with E-state index in [0.717, 1.165) is 25.9 Å². The van der Waals surface area contributed by atoms with Gasteiger partial charge in [-0.3, -0.25) is 4.79 Å². The highest BCUT2D eigenvalue weighted by Crippen LogP contribution is 2.44. The highest BCUT2D eigenvalue weighted by atomic mass is 19.3. The lowest BCUT2D eigenvalue weighted by Gasteiger charge is -2.41. The van der Waals surface area contributed by atoms with Gasteiger partial charge in [-0.05, 0) is 51.1 Å². The van der Waals surface area contributed by atoms with Crippen LogP contribution in [0.2, 0.25) is 0 Å². The van der Waals surface area contributed by atoms with Crippen molar-refractivity contribution in [1.29, 1.82) is 0 Å². The molecule has 0 aromatic rings. The SMILES string of the molecule is CC1CCN(CC(O)CNC(=O)C(F)(F)C2(O)CCC2)CC1. The van der Waals surface area contributed by atoms with Crippen molar-refractivity contribution in [2.24, 2.45) is 5.92 Å². The van der Waals surface area contributed by atoms with E-state index >= 15 is 0 Å². The van der Waals surface area contributed by atoms with E-state index in [-0.39, 0.29) is 19.4 Å². The summed E-state index contributed by atoms with van der Waals surface area (Å²) in [5, 5.41) is 21.6. The number of carbonyl (C=O) groups is 1. The van der Waals surface area contributed by atoms with Crippen LogP contribution in [0, 0.1) is 5.92 Å². The van der Waals surface area contributed by atoms with Gasteiger partial charge in [-0.1, -0.05) is 6.92 Å². The zero-order valence-corrected chi connectivity index (χ0v) is 13.0. The molecular weight excluding hydrogens is 294 g/mol. The lowest BCUT2D eigenvalue weighted by atomic mass is 9.75. The lowest BCUT2D eigenvalue weighted by molar-refractivity contribution is -0.216. The van der Waals surface area contributed by atoms with E-state index in [4.69, 9.17) is 0 Å². The largest absolute Gasteiger partial charge is 0.390 e. The summed E-state index contributed by atoms with van der Waals surface area (Å²) in [6.45, 7) is 4.07. The van der Waals surface area contributed by atoms with Gasteiger partial charge in [0, 0.05) is 13.1 Å². The number of alkyl halides is 2. The third kappa shape index (κ3) is 3.75. The molecule has 22 heavy (non-hydrogen) atoms. The van der Waals surface area contributed by atoms with E-state index in [0.29, 0.717) is 18.9 Å². The van der Waals surface area contributed by atoms with Gasteiger partial charge in [0.1, 0.15) is 5.60 Å². The molecule has 0 spiro atoms. The molecule has 1 unspecified atom stereocenters. The second kappa shape index (κ2) is 6.76. The molecule has 5 nitrogen and oxygen atoms in total. The number of aliphatic hydroxyl groups is 2. The van der Waals surface area contributed by atoms with Crippen LogP contribution in [0.5, 0.6) is 0 Å². The van der Waals surface area contributed by atoms with Crippen molar-refractivity contribution in [3.63, 3.8) is 0 Å². The number of rotatable bonds is 6. The first-order valence-corrected chi connectivity index (χ1v) is 8.03. The minimum atomic E-state index is -3.80. The number of β-amino-alcohol motifs (C(OH)–C–C–N with tert-alkyl or cyclic N) is 1. The van der Waals surface area contributed by atoms with Crippen LogP contribution in [0.3, 0.4) is 0 Å². The van der Waals surface area contributed by atoms with Gasteiger partial charge in [0.2, 0.25) is 0 Å². The van der Waals surface area contributed by atoms with Crippen LogP contribution >= 0.6 is 0 Å². The average molecular weight is 320 g/mol. The van der Waals surface area contributed by atoms with Crippen molar-refractivity contribution in [3.8, 4) is 0 Å². The Morgan fingerprint density at radius 2 is 2.00 bits per heavy atom. The molecule has 1 saturated carbocycles. The first-order valence-electron chi connectivity index (χ1n) is 8.03. The van der Waals surface area contributed by atoms with Gasteiger partial charge in [0.05, 0.1) is 6.10 Å². The normalized spacial score (nSPS) is 24.6. The van der Waals surface area contributed by atoms with E-state index < -0.39 is 23.5 Å². The number of likely N-dealkylation sites (tertiary alicyclic amines) is 1. The fourth-order valence-electron chi connectivity index (χ4n) is 2.97. The summed E-state index contributed by atoms with van der Waals surface area (Å²) >= 11 is 0. The Hall–Kier alpha value is -0.790. The maximum atomic E-state index is 13.8. The quantitative estimate of drug-likeness (QED) is 0.675. The van der Waals surface area contributed by atoms with Gasteiger partial charge in [0.15, 0.2) is 0 Å². The summed E-state index contributed by atoms with van der Waals surface area (Å²) in [7, 11) is 0. The molecule has 1 aliphatic carbocycles. The molecule has 2 fully saturated rings. The minimum absolute atomic E-state index is 0.0675. The fourth-order valence-corrected chi connectivity index (χ4v) is 2.97. The number of nitrogens with one attached hydrogen (secondary N) is 1. The van der Waals surface area contributed by atoms with Crippen LogP contribution in [0.15, 0.2) is 0 Å². The van der Waals surface area contributed by atoms with Crippen molar-refractivity contribution in [1.82, 2.24) is 10.2 Å². The van der Waals surface area contributed by atoms with Gasteiger partial charge < -0.3 is 20.4 Å². The topological polar surface area (TPSA) is 72.8 Å². The number of aliphatic hydroxyl groups excluding tert-OH is 1. The zero-order chi connectivity index (χ0) is 16.4. The van der Waals surface area contributed by atoms with Crippen LogP contribution in [0.25, 0.3) is 0 Å². The van der Waals surface area contributed by atoms with Gasteiger partial charge in [0.25, 0.3) is 5.91 Å². The van der Waals surface area contributed by atoms with E-state index in [1.165, 1.54) is 0 Å². The molecule has 1 heterocycles. The number of piperidine rings is 1. The Morgan fingerprint density at radius 3 is 2.50 bits per heavy atom. The van der Waals surface area contributed by atoms with Crippen molar-refractivity contribution in [2.45, 2.75) is 56.7 Å². The smallest absolute Gasteiger partial charge is 0.352 e. The van der Waals surface area contributed by atoms with E-state index in [1.54, 1.807) is 0 Å². The minimum Gasteiger partial charge on any atom is -0.390 e. The Labute approximate surface area is 129 Å². The van der Waals surface area contributed by atoms with Gasteiger partial charge >= 0.3 is 5.92 Å². The van der Waals surface area contributed by atoms with Gasteiger partial charge in [-0.15, -0.1) is 0 Å². The van der Waals surface area contributed by atoms with Gasteiger partial charge in [-0.25, -0.2) is 0 Å². The fraction of sp³-hybridized carbons (Fsp3) is 0.933. The molecule has 1 amide bonds. The molecule has 3 N–H and O–H groups in total. The Balaban J connectivity index is 1.73. The van der Waals surface area contributed by atoms with Crippen LogP contribution in [-0.4, -0.2) is 64.8 Å². The third-order valence-electron chi connectivity index (χ3n) is 4.89. The number of hydrogen-bond donors (Lipinski definition) is 3. The van der Waals surface area contributed by atoms with Crippen LogP contribution in [-0.2, 0) is 4.79 Å². The first-order chi connectivity index (χ1) is 10.2. The van der Waals surface area contributed by atoms with Crippen molar-refractivity contribution < 1.29 is 23.8 Å². The Kier molecular flexibility index (Phi) is 5.40. The highest BCUT2D eigenvalue weighted by molar-refractivity contribution is 5.85. The monoisotopic (exact) mass is 320 g/mol. The molecule has 0 radical (unpaired) electrons. The summed E-state index contributed by atoms with van der Waals surface area (Å²) in [6, 6.07) is 0. The van der Waals surface area contributed by atoms with E-state index in [1.807, 2.05) is 0 Å². The number of halogens is 2. The molecule has 7 heteroatoms. The van der Waals surface area contributed by atoms with E-state index in [2.05, 4.69) is 17.1 Å². The van der Waals surface area contributed by atoms with Crippen molar-refractivity contribution >= 4 is 5.91 Å². The molecule has 2 aliphatic rings. The molecular formula is C15H26F2N2O3. The Morgan fingerprint density at radius 1 is 1.41 bits per heavy atom. The molecule has 0 aromatic heterocycles. The van der Waals surface area contributed by atoms with Gasteiger partial charge in [-0.2, -0.15) is 8.78 Å². The van der Waals surface area contributed by atoms with Crippen molar-refractivity contribution in [2.75, 3.05) is 26.2 Å². The zero-order valence-electron chi connectivity index (χ0n) is 13.0. The summed E-state index contributed by atoms with van der Waals surface area (Å²) in [6.07, 6.45) is 1.59. The van der Waals surface area contributed by atoms with E-state index in [9.17, 15) is 23.8 Å². The third-order valence-corrected chi connectivity index (χ3v) is 4.89.